The van der Waals surface area contributed by atoms with Gasteiger partial charge in [-0.2, -0.15) is 0 Å². The van der Waals surface area contributed by atoms with E-state index in [4.69, 9.17) is 4.42 Å². The van der Waals surface area contributed by atoms with Crippen LogP contribution in [-0.2, 0) is 0 Å². The van der Waals surface area contributed by atoms with Gasteiger partial charge in [-0.05, 0) is 38.1 Å². The Kier molecular flexibility index (Phi) is 2.18. The Hall–Kier alpha value is -1.35. The molecule has 1 fully saturated rings. The number of piperidine rings is 1. The zero-order valence-corrected chi connectivity index (χ0v) is 8.57. The average Bonchev–Trinajstić information content (AvgIpc) is 2.77. The number of nitrogens with one attached hydrogen (secondary N) is 1. The molecule has 0 radical (unpaired) electrons. The molecule has 2 aromatic heterocycles. The number of nitrogens with zero attached hydrogens (tertiary/aromatic N) is 1. The molecule has 78 valence electrons. The summed E-state index contributed by atoms with van der Waals surface area (Å²) in [6.07, 6.45) is 5.94. The Morgan fingerprint density at radius 2 is 2.20 bits per heavy atom. The molecule has 15 heavy (non-hydrogen) atoms. The number of aromatic nitrogens is 1. The molecule has 3 heterocycles. The van der Waals surface area contributed by atoms with Gasteiger partial charge in [-0.25, -0.2) is 0 Å². The van der Waals surface area contributed by atoms with Crippen LogP contribution in [0.1, 0.15) is 24.5 Å². The van der Waals surface area contributed by atoms with Crippen molar-refractivity contribution in [3.8, 4) is 0 Å². The molecule has 0 saturated carbocycles. The molecule has 0 unspecified atom stereocenters. The van der Waals surface area contributed by atoms with Crippen LogP contribution >= 0.6 is 0 Å². The third-order valence-electron chi connectivity index (χ3n) is 3.12. The van der Waals surface area contributed by atoms with Crippen LogP contribution in [0.5, 0.6) is 0 Å². The molecule has 0 amide bonds. The normalized spacial score (nSPS) is 18.4. The van der Waals surface area contributed by atoms with Crippen molar-refractivity contribution in [3.05, 3.63) is 30.3 Å². The van der Waals surface area contributed by atoms with E-state index in [9.17, 15) is 0 Å². The SMILES string of the molecule is c1cc2cc(C3CCNCC3)ncc2o1. The van der Waals surface area contributed by atoms with Crippen molar-refractivity contribution in [1.29, 1.82) is 0 Å². The van der Waals surface area contributed by atoms with Gasteiger partial charge in [-0.1, -0.05) is 0 Å². The summed E-state index contributed by atoms with van der Waals surface area (Å²) in [5, 5.41) is 4.54. The lowest BCUT2D eigenvalue weighted by molar-refractivity contribution is 0.453. The number of hydrogen-bond acceptors (Lipinski definition) is 3. The molecule has 0 bridgehead atoms. The minimum atomic E-state index is 0.616. The van der Waals surface area contributed by atoms with Gasteiger partial charge in [0.2, 0.25) is 0 Å². The topological polar surface area (TPSA) is 38.1 Å². The van der Waals surface area contributed by atoms with Crippen molar-refractivity contribution in [2.75, 3.05) is 13.1 Å². The van der Waals surface area contributed by atoms with Gasteiger partial charge in [0.25, 0.3) is 0 Å². The second-order valence-corrected chi connectivity index (χ2v) is 4.09. The lowest BCUT2D eigenvalue weighted by atomic mass is 9.94. The molecule has 3 heteroatoms. The highest BCUT2D eigenvalue weighted by Crippen LogP contribution is 2.26. The second kappa shape index (κ2) is 3.66. The molecule has 0 aliphatic carbocycles. The Bertz CT molecular complexity index is 457. The largest absolute Gasteiger partial charge is 0.463 e. The lowest BCUT2D eigenvalue weighted by Crippen LogP contribution is -2.26. The molecule has 0 aromatic carbocycles. The van der Waals surface area contributed by atoms with E-state index in [1.165, 1.54) is 23.9 Å². The molecule has 3 rings (SSSR count). The monoisotopic (exact) mass is 202 g/mol. The van der Waals surface area contributed by atoms with Crippen molar-refractivity contribution < 1.29 is 4.42 Å². The smallest absolute Gasteiger partial charge is 0.152 e. The maximum atomic E-state index is 5.29. The fourth-order valence-electron chi connectivity index (χ4n) is 2.23. The summed E-state index contributed by atoms with van der Waals surface area (Å²) in [5.41, 5.74) is 2.10. The summed E-state index contributed by atoms with van der Waals surface area (Å²) < 4.78 is 5.29. The van der Waals surface area contributed by atoms with Crippen molar-refractivity contribution in [1.82, 2.24) is 10.3 Å². The van der Waals surface area contributed by atoms with Crippen molar-refractivity contribution in [3.63, 3.8) is 0 Å². The summed E-state index contributed by atoms with van der Waals surface area (Å²) >= 11 is 0. The highest BCUT2D eigenvalue weighted by atomic mass is 16.3. The number of fused-ring (bicyclic) bond motifs is 1. The Morgan fingerprint density at radius 3 is 3.07 bits per heavy atom. The van der Waals surface area contributed by atoms with Crippen LogP contribution in [0.3, 0.4) is 0 Å². The van der Waals surface area contributed by atoms with E-state index >= 15 is 0 Å². The van der Waals surface area contributed by atoms with Gasteiger partial charge in [0, 0.05) is 17.0 Å². The standard InChI is InChI=1S/C12H14N2O/c1-4-13-5-2-9(1)11-7-10-3-6-15-12(10)8-14-11/h3,6-9,13H,1-2,4-5H2. The van der Waals surface area contributed by atoms with E-state index in [-0.39, 0.29) is 0 Å². The maximum absolute atomic E-state index is 5.29. The fourth-order valence-corrected chi connectivity index (χ4v) is 2.23. The first-order valence-electron chi connectivity index (χ1n) is 5.47. The van der Waals surface area contributed by atoms with Crippen LogP contribution in [0, 0.1) is 0 Å². The van der Waals surface area contributed by atoms with Gasteiger partial charge in [0.05, 0.1) is 12.5 Å². The predicted octanol–water partition coefficient (Wildman–Crippen LogP) is 2.29. The minimum Gasteiger partial charge on any atom is -0.463 e. The fraction of sp³-hybridized carbons (Fsp3) is 0.417. The number of furan rings is 1. The van der Waals surface area contributed by atoms with Gasteiger partial charge >= 0.3 is 0 Å². The zero-order chi connectivity index (χ0) is 10.1. The molecule has 1 aliphatic rings. The summed E-state index contributed by atoms with van der Waals surface area (Å²) in [6, 6.07) is 4.16. The van der Waals surface area contributed by atoms with E-state index < -0.39 is 0 Å². The van der Waals surface area contributed by atoms with Crippen LogP contribution in [0.15, 0.2) is 29.0 Å². The first kappa shape index (κ1) is 8.92. The minimum absolute atomic E-state index is 0.616. The van der Waals surface area contributed by atoms with E-state index in [1.54, 1.807) is 6.26 Å². The lowest BCUT2D eigenvalue weighted by Gasteiger charge is -2.21. The number of hydrogen-bond donors (Lipinski definition) is 1. The van der Waals surface area contributed by atoms with Crippen molar-refractivity contribution in [2.45, 2.75) is 18.8 Å². The van der Waals surface area contributed by atoms with Gasteiger partial charge in [-0.15, -0.1) is 0 Å². The average molecular weight is 202 g/mol. The third-order valence-corrected chi connectivity index (χ3v) is 3.12. The molecule has 3 nitrogen and oxygen atoms in total. The van der Waals surface area contributed by atoms with Crippen LogP contribution in [-0.4, -0.2) is 18.1 Å². The molecule has 0 spiro atoms. The van der Waals surface area contributed by atoms with Gasteiger partial charge in [0.15, 0.2) is 5.58 Å². The van der Waals surface area contributed by atoms with Crippen LogP contribution in [0.4, 0.5) is 0 Å². The van der Waals surface area contributed by atoms with Crippen LogP contribution < -0.4 is 5.32 Å². The molecule has 2 aromatic rings. The van der Waals surface area contributed by atoms with Crippen molar-refractivity contribution >= 4 is 11.0 Å². The third kappa shape index (κ3) is 1.63. The molecular formula is C12H14N2O. The molecule has 1 saturated heterocycles. The van der Waals surface area contributed by atoms with E-state index in [1.807, 2.05) is 12.3 Å². The Labute approximate surface area is 88.5 Å². The maximum Gasteiger partial charge on any atom is 0.152 e. The highest BCUT2D eigenvalue weighted by molar-refractivity contribution is 5.76. The van der Waals surface area contributed by atoms with Gasteiger partial charge in [-0.3, -0.25) is 4.98 Å². The first-order chi connectivity index (χ1) is 7.43. The number of pyridine rings is 1. The second-order valence-electron chi connectivity index (χ2n) is 4.09. The Balaban J connectivity index is 1.95. The molecule has 0 atom stereocenters. The highest BCUT2D eigenvalue weighted by Gasteiger charge is 2.16. The summed E-state index contributed by atoms with van der Waals surface area (Å²) in [5.74, 6) is 0.616. The van der Waals surface area contributed by atoms with E-state index in [0.29, 0.717) is 5.92 Å². The summed E-state index contributed by atoms with van der Waals surface area (Å²) in [4.78, 5) is 4.48. The van der Waals surface area contributed by atoms with E-state index in [0.717, 1.165) is 18.7 Å². The summed E-state index contributed by atoms with van der Waals surface area (Å²) in [6.45, 7) is 2.21. The van der Waals surface area contributed by atoms with Crippen molar-refractivity contribution in [2.24, 2.45) is 0 Å². The molecule has 1 aliphatic heterocycles. The van der Waals surface area contributed by atoms with Crippen LogP contribution in [0.25, 0.3) is 11.0 Å². The molecule has 1 N–H and O–H groups in total. The predicted molar refractivity (Wildman–Crippen MR) is 58.9 cm³/mol. The van der Waals surface area contributed by atoms with Crippen LogP contribution in [0.2, 0.25) is 0 Å². The molecular weight excluding hydrogens is 188 g/mol. The van der Waals surface area contributed by atoms with Gasteiger partial charge in [0.1, 0.15) is 0 Å². The first-order valence-corrected chi connectivity index (χ1v) is 5.47. The quantitative estimate of drug-likeness (QED) is 0.771. The Morgan fingerprint density at radius 1 is 1.33 bits per heavy atom. The number of rotatable bonds is 1. The van der Waals surface area contributed by atoms with Gasteiger partial charge < -0.3 is 9.73 Å². The summed E-state index contributed by atoms with van der Waals surface area (Å²) in [7, 11) is 0. The zero-order valence-electron chi connectivity index (χ0n) is 8.57. The van der Waals surface area contributed by atoms with E-state index in [2.05, 4.69) is 16.4 Å².